The Morgan fingerprint density at radius 2 is 2.08 bits per heavy atom. The van der Waals surface area contributed by atoms with Crippen LogP contribution in [0.15, 0.2) is 45.9 Å². The minimum Gasteiger partial charge on any atom is -0.469 e. The summed E-state index contributed by atoms with van der Waals surface area (Å²) in [5.74, 6) is 0.830. The molecule has 0 radical (unpaired) electrons. The second-order valence-corrected chi connectivity index (χ2v) is 8.28. The van der Waals surface area contributed by atoms with Gasteiger partial charge in [0.25, 0.3) is 0 Å². The highest BCUT2D eigenvalue weighted by molar-refractivity contribution is 7.89. The molecule has 0 saturated heterocycles. The van der Waals surface area contributed by atoms with E-state index in [-0.39, 0.29) is 10.8 Å². The molecule has 2 heterocycles. The Morgan fingerprint density at radius 1 is 1.24 bits per heavy atom. The van der Waals surface area contributed by atoms with Crippen molar-refractivity contribution in [2.24, 2.45) is 0 Å². The second-order valence-electron chi connectivity index (χ2n) is 6.23. The number of nitrogens with zero attached hydrogens (tertiary/aromatic N) is 1. The summed E-state index contributed by atoms with van der Waals surface area (Å²) in [4.78, 5) is 11.9. The number of furan rings is 1. The molecule has 0 spiro atoms. The first-order chi connectivity index (χ1) is 12.0. The number of aryl methyl sites for hydroxylation is 2. The Morgan fingerprint density at radius 3 is 2.84 bits per heavy atom. The molecular formula is C18H22N2O4S. The van der Waals surface area contributed by atoms with Crippen molar-refractivity contribution in [1.29, 1.82) is 0 Å². The van der Waals surface area contributed by atoms with Crippen molar-refractivity contribution in [2.75, 3.05) is 18.9 Å². The summed E-state index contributed by atoms with van der Waals surface area (Å²) in [7, 11) is -1.96. The highest BCUT2D eigenvalue weighted by Crippen LogP contribution is 2.26. The topological polar surface area (TPSA) is 79.6 Å². The van der Waals surface area contributed by atoms with Crippen LogP contribution in [0.2, 0.25) is 0 Å². The molecule has 1 amide bonds. The molecule has 134 valence electrons. The summed E-state index contributed by atoms with van der Waals surface area (Å²) in [5, 5.41) is 2.82. The van der Waals surface area contributed by atoms with Crippen LogP contribution in [0.3, 0.4) is 0 Å². The summed E-state index contributed by atoms with van der Waals surface area (Å²) in [6.45, 7) is 0.414. The molecule has 0 saturated carbocycles. The van der Waals surface area contributed by atoms with Gasteiger partial charge in [-0.1, -0.05) is 0 Å². The molecule has 0 aliphatic carbocycles. The number of hydrogen-bond acceptors (Lipinski definition) is 4. The standard InChI is InChI=1S/C18H22N2O4S/c1-20(11-3-6-15-7-4-12-24-15)25(22,23)16-9-10-17-14(13-16)5-2-8-18(21)19-17/h4,7,9-10,12-13H,2-3,5-6,8,11H2,1H3,(H,19,21). The number of benzene rings is 1. The van der Waals surface area contributed by atoms with Crippen molar-refractivity contribution in [3.05, 3.63) is 47.9 Å². The lowest BCUT2D eigenvalue weighted by Gasteiger charge is -2.18. The SMILES string of the molecule is CN(CCCc1ccco1)S(=O)(=O)c1ccc2c(c1)CCCC(=O)N2. The van der Waals surface area contributed by atoms with Crippen molar-refractivity contribution >= 4 is 21.6 Å². The summed E-state index contributed by atoms with van der Waals surface area (Å²) < 4.78 is 32.2. The summed E-state index contributed by atoms with van der Waals surface area (Å²) in [6.07, 6.45) is 4.88. The molecule has 1 aromatic carbocycles. The van der Waals surface area contributed by atoms with Crippen LogP contribution < -0.4 is 5.32 Å². The number of carbonyl (C=O) groups excluding carboxylic acids is 1. The number of sulfonamides is 1. The van der Waals surface area contributed by atoms with Gasteiger partial charge < -0.3 is 9.73 Å². The highest BCUT2D eigenvalue weighted by atomic mass is 32.2. The van der Waals surface area contributed by atoms with E-state index >= 15 is 0 Å². The van der Waals surface area contributed by atoms with Gasteiger partial charge in [0.15, 0.2) is 0 Å². The highest BCUT2D eigenvalue weighted by Gasteiger charge is 2.22. The maximum atomic E-state index is 12.8. The fourth-order valence-corrected chi connectivity index (χ4v) is 4.20. The molecule has 1 aliphatic heterocycles. The van der Waals surface area contributed by atoms with Gasteiger partial charge in [-0.15, -0.1) is 0 Å². The number of anilines is 1. The van der Waals surface area contributed by atoms with Crippen LogP contribution >= 0.6 is 0 Å². The summed E-state index contributed by atoms with van der Waals surface area (Å²) in [6, 6.07) is 8.63. The van der Waals surface area contributed by atoms with E-state index in [1.165, 1.54) is 4.31 Å². The summed E-state index contributed by atoms with van der Waals surface area (Å²) >= 11 is 0. The molecule has 3 rings (SSSR count). The number of hydrogen-bond donors (Lipinski definition) is 1. The monoisotopic (exact) mass is 362 g/mol. The number of carbonyl (C=O) groups is 1. The molecule has 7 heteroatoms. The van der Waals surface area contributed by atoms with Crippen LogP contribution in [-0.2, 0) is 27.7 Å². The van der Waals surface area contributed by atoms with Gasteiger partial charge in [0.1, 0.15) is 5.76 Å². The average Bonchev–Trinajstić information content (AvgIpc) is 3.02. The molecule has 1 aromatic heterocycles. The van der Waals surface area contributed by atoms with Crippen LogP contribution in [0.4, 0.5) is 5.69 Å². The smallest absolute Gasteiger partial charge is 0.242 e. The lowest BCUT2D eigenvalue weighted by atomic mass is 10.1. The Balaban J connectivity index is 1.70. The molecule has 25 heavy (non-hydrogen) atoms. The number of amides is 1. The fourth-order valence-electron chi connectivity index (χ4n) is 2.94. The van der Waals surface area contributed by atoms with Gasteiger partial charge >= 0.3 is 0 Å². The number of rotatable bonds is 6. The van der Waals surface area contributed by atoms with E-state index in [4.69, 9.17) is 4.42 Å². The van der Waals surface area contributed by atoms with E-state index in [1.54, 1.807) is 31.5 Å². The van der Waals surface area contributed by atoms with Crippen LogP contribution in [0.1, 0.15) is 30.6 Å². The van der Waals surface area contributed by atoms with Crippen molar-refractivity contribution in [3.8, 4) is 0 Å². The molecule has 2 aromatic rings. The predicted octanol–water partition coefficient (Wildman–Crippen LogP) is 2.81. The van der Waals surface area contributed by atoms with E-state index < -0.39 is 10.0 Å². The van der Waals surface area contributed by atoms with Crippen molar-refractivity contribution < 1.29 is 17.6 Å². The second kappa shape index (κ2) is 7.41. The minimum absolute atomic E-state index is 0.0237. The third kappa shape index (κ3) is 4.11. The van der Waals surface area contributed by atoms with Crippen molar-refractivity contribution in [1.82, 2.24) is 4.31 Å². The van der Waals surface area contributed by atoms with Gasteiger partial charge in [0.2, 0.25) is 15.9 Å². The van der Waals surface area contributed by atoms with E-state index in [9.17, 15) is 13.2 Å². The third-order valence-corrected chi connectivity index (χ3v) is 6.24. The van der Waals surface area contributed by atoms with E-state index in [0.717, 1.165) is 17.7 Å². The molecule has 1 aliphatic rings. The average molecular weight is 362 g/mol. The summed E-state index contributed by atoms with van der Waals surface area (Å²) in [5.41, 5.74) is 1.58. The first-order valence-electron chi connectivity index (χ1n) is 8.38. The quantitative estimate of drug-likeness (QED) is 0.857. The van der Waals surface area contributed by atoms with Gasteiger partial charge in [0.05, 0.1) is 11.2 Å². The maximum Gasteiger partial charge on any atom is 0.242 e. The normalized spacial score (nSPS) is 14.9. The Labute approximate surface area is 147 Å². The lowest BCUT2D eigenvalue weighted by molar-refractivity contribution is -0.116. The first-order valence-corrected chi connectivity index (χ1v) is 9.82. The molecule has 0 bridgehead atoms. The van der Waals surface area contributed by atoms with E-state index in [0.29, 0.717) is 37.9 Å². The zero-order chi connectivity index (χ0) is 17.9. The van der Waals surface area contributed by atoms with Gasteiger partial charge in [-0.2, -0.15) is 0 Å². The zero-order valence-corrected chi connectivity index (χ0v) is 15.0. The van der Waals surface area contributed by atoms with Crippen LogP contribution in [0, 0.1) is 0 Å². The molecule has 0 atom stereocenters. The molecule has 6 nitrogen and oxygen atoms in total. The van der Waals surface area contributed by atoms with Crippen LogP contribution in [-0.4, -0.2) is 32.2 Å². The maximum absolute atomic E-state index is 12.8. The Bertz CT molecular complexity index is 844. The van der Waals surface area contributed by atoms with Gasteiger partial charge in [-0.05, 0) is 55.2 Å². The van der Waals surface area contributed by atoms with Crippen molar-refractivity contribution in [2.45, 2.75) is 37.0 Å². The Hall–Kier alpha value is -2.12. The molecule has 1 N–H and O–H groups in total. The predicted molar refractivity (Wildman–Crippen MR) is 94.9 cm³/mol. The largest absolute Gasteiger partial charge is 0.469 e. The fraction of sp³-hybridized carbons (Fsp3) is 0.389. The molecular weight excluding hydrogens is 340 g/mol. The van der Waals surface area contributed by atoms with Gasteiger partial charge in [-0.3, -0.25) is 4.79 Å². The zero-order valence-electron chi connectivity index (χ0n) is 14.2. The number of fused-ring (bicyclic) bond motifs is 1. The van der Waals surface area contributed by atoms with Crippen LogP contribution in [0.5, 0.6) is 0 Å². The Kier molecular flexibility index (Phi) is 5.24. The lowest BCUT2D eigenvalue weighted by Crippen LogP contribution is -2.28. The van der Waals surface area contributed by atoms with Crippen LogP contribution in [0.25, 0.3) is 0 Å². The van der Waals surface area contributed by atoms with Gasteiger partial charge in [-0.25, -0.2) is 12.7 Å². The third-order valence-electron chi connectivity index (χ3n) is 4.39. The molecule has 0 unspecified atom stereocenters. The van der Waals surface area contributed by atoms with Crippen molar-refractivity contribution in [3.63, 3.8) is 0 Å². The molecule has 0 fully saturated rings. The van der Waals surface area contributed by atoms with E-state index in [2.05, 4.69) is 5.32 Å². The van der Waals surface area contributed by atoms with E-state index in [1.807, 2.05) is 12.1 Å². The number of nitrogens with one attached hydrogen (secondary N) is 1. The van der Waals surface area contributed by atoms with Gasteiger partial charge in [0, 0.05) is 32.1 Å². The first kappa shape index (κ1) is 17.7. The minimum atomic E-state index is -3.55.